The van der Waals surface area contributed by atoms with Crippen LogP contribution in [0.25, 0.3) is 0 Å². The lowest BCUT2D eigenvalue weighted by Gasteiger charge is -2.18. The fourth-order valence-corrected chi connectivity index (χ4v) is 3.75. The normalized spacial score (nSPS) is 12.8. The van der Waals surface area contributed by atoms with Crippen LogP contribution in [0, 0.1) is 6.92 Å². The standard InChI is InChI=1S/C22H30O4S/c1-3-4-5-6-10-13-22(25-18-20-11-8-7-9-12-20)26-27(23,24)21-16-14-19(2)15-17-21/h7-9,11-12,14-17,22H,3-6,10,13,18H2,1-2H3. The van der Waals surface area contributed by atoms with Crippen molar-refractivity contribution < 1.29 is 17.3 Å². The summed E-state index contributed by atoms with van der Waals surface area (Å²) < 4.78 is 36.5. The van der Waals surface area contributed by atoms with Crippen LogP contribution in [0.1, 0.15) is 56.6 Å². The lowest BCUT2D eigenvalue weighted by atomic mass is 10.1. The highest BCUT2D eigenvalue weighted by molar-refractivity contribution is 7.86. The fraction of sp³-hybridized carbons (Fsp3) is 0.455. The highest BCUT2D eigenvalue weighted by Gasteiger charge is 2.22. The second-order valence-electron chi connectivity index (χ2n) is 6.79. The first-order valence-corrected chi connectivity index (χ1v) is 11.1. The van der Waals surface area contributed by atoms with E-state index >= 15 is 0 Å². The molecule has 27 heavy (non-hydrogen) atoms. The van der Waals surface area contributed by atoms with E-state index in [0.717, 1.165) is 30.4 Å². The molecule has 0 aliphatic rings. The van der Waals surface area contributed by atoms with E-state index < -0.39 is 16.4 Å². The van der Waals surface area contributed by atoms with Gasteiger partial charge in [0.1, 0.15) is 0 Å². The molecule has 2 aromatic rings. The second-order valence-corrected chi connectivity index (χ2v) is 8.36. The maximum absolute atomic E-state index is 12.6. The Morgan fingerprint density at radius 2 is 1.56 bits per heavy atom. The van der Waals surface area contributed by atoms with Gasteiger partial charge in [0.15, 0.2) is 6.29 Å². The van der Waals surface area contributed by atoms with Crippen molar-refractivity contribution in [3.8, 4) is 0 Å². The predicted molar refractivity (Wildman–Crippen MR) is 108 cm³/mol. The van der Waals surface area contributed by atoms with Gasteiger partial charge in [-0.25, -0.2) is 4.18 Å². The molecule has 0 radical (unpaired) electrons. The molecular weight excluding hydrogens is 360 g/mol. The largest absolute Gasteiger partial charge is 0.347 e. The second kappa shape index (κ2) is 11.2. The SMILES string of the molecule is CCCCCCCC(OCc1ccccc1)OS(=O)(=O)c1ccc(C)cc1. The third-order valence-corrected chi connectivity index (χ3v) is 5.68. The first-order chi connectivity index (χ1) is 13.0. The molecule has 1 unspecified atom stereocenters. The first kappa shape index (κ1) is 21.6. The van der Waals surface area contributed by atoms with Crippen molar-refractivity contribution in [1.82, 2.24) is 0 Å². The summed E-state index contributed by atoms with van der Waals surface area (Å²) in [5.41, 5.74) is 1.99. The Morgan fingerprint density at radius 3 is 2.22 bits per heavy atom. The van der Waals surface area contributed by atoms with Gasteiger partial charge in [-0.1, -0.05) is 80.6 Å². The summed E-state index contributed by atoms with van der Waals surface area (Å²) in [5.74, 6) is 0. The molecule has 0 heterocycles. The molecule has 0 saturated carbocycles. The third-order valence-electron chi connectivity index (χ3n) is 4.37. The van der Waals surface area contributed by atoms with Crippen molar-refractivity contribution in [2.24, 2.45) is 0 Å². The van der Waals surface area contributed by atoms with E-state index in [0.29, 0.717) is 13.0 Å². The zero-order valence-electron chi connectivity index (χ0n) is 16.3. The average Bonchev–Trinajstić information content (AvgIpc) is 2.66. The minimum Gasteiger partial charge on any atom is -0.347 e. The van der Waals surface area contributed by atoms with Gasteiger partial charge in [0, 0.05) is 0 Å². The summed E-state index contributed by atoms with van der Waals surface area (Å²) >= 11 is 0. The average molecular weight is 391 g/mol. The zero-order chi connectivity index (χ0) is 19.5. The van der Waals surface area contributed by atoms with E-state index in [1.54, 1.807) is 24.3 Å². The molecule has 0 saturated heterocycles. The van der Waals surface area contributed by atoms with Gasteiger partial charge in [0.2, 0.25) is 0 Å². The lowest BCUT2D eigenvalue weighted by Crippen LogP contribution is -2.22. The number of aryl methyl sites for hydroxylation is 1. The van der Waals surface area contributed by atoms with Gasteiger partial charge < -0.3 is 4.74 Å². The Hall–Kier alpha value is -1.69. The van der Waals surface area contributed by atoms with Crippen LogP contribution in [0.5, 0.6) is 0 Å². The van der Waals surface area contributed by atoms with Crippen molar-refractivity contribution in [2.45, 2.75) is 70.2 Å². The van der Waals surface area contributed by atoms with E-state index in [9.17, 15) is 8.42 Å². The predicted octanol–water partition coefficient (Wildman–Crippen LogP) is 5.60. The number of benzene rings is 2. The molecule has 0 spiro atoms. The molecule has 0 aromatic heterocycles. The summed E-state index contributed by atoms with van der Waals surface area (Å²) in [6.45, 7) is 4.41. The van der Waals surface area contributed by atoms with Crippen LogP contribution in [-0.2, 0) is 25.6 Å². The molecule has 0 amide bonds. The molecule has 5 heteroatoms. The van der Waals surface area contributed by atoms with E-state index in [1.807, 2.05) is 37.3 Å². The summed E-state index contributed by atoms with van der Waals surface area (Å²) in [6, 6.07) is 16.4. The highest BCUT2D eigenvalue weighted by Crippen LogP contribution is 2.20. The molecule has 1 atom stereocenters. The first-order valence-electron chi connectivity index (χ1n) is 9.67. The van der Waals surface area contributed by atoms with Crippen LogP contribution < -0.4 is 0 Å². The van der Waals surface area contributed by atoms with Crippen LogP contribution in [0.2, 0.25) is 0 Å². The van der Waals surface area contributed by atoms with Gasteiger partial charge in [-0.15, -0.1) is 0 Å². The van der Waals surface area contributed by atoms with E-state index in [4.69, 9.17) is 8.92 Å². The Labute approximate surface area is 163 Å². The molecule has 148 valence electrons. The molecular formula is C22H30O4S. The van der Waals surface area contributed by atoms with Gasteiger partial charge in [0.05, 0.1) is 11.5 Å². The number of hydrogen-bond donors (Lipinski definition) is 0. The Balaban J connectivity index is 1.99. The van der Waals surface area contributed by atoms with Crippen molar-refractivity contribution in [1.29, 1.82) is 0 Å². The number of hydrogen-bond acceptors (Lipinski definition) is 4. The smallest absolute Gasteiger partial charge is 0.299 e. The zero-order valence-corrected chi connectivity index (χ0v) is 17.1. The monoisotopic (exact) mass is 390 g/mol. The minimum absolute atomic E-state index is 0.160. The summed E-state index contributed by atoms with van der Waals surface area (Å²) in [4.78, 5) is 0.160. The topological polar surface area (TPSA) is 52.6 Å². The highest BCUT2D eigenvalue weighted by atomic mass is 32.2. The van der Waals surface area contributed by atoms with Gasteiger partial charge >= 0.3 is 0 Å². The number of ether oxygens (including phenoxy) is 1. The van der Waals surface area contributed by atoms with Crippen LogP contribution in [0.4, 0.5) is 0 Å². The van der Waals surface area contributed by atoms with Crippen LogP contribution in [0.3, 0.4) is 0 Å². The van der Waals surface area contributed by atoms with Crippen LogP contribution in [-0.4, -0.2) is 14.7 Å². The van der Waals surface area contributed by atoms with E-state index in [2.05, 4.69) is 6.92 Å². The van der Waals surface area contributed by atoms with Crippen LogP contribution >= 0.6 is 0 Å². The molecule has 0 fully saturated rings. The van der Waals surface area contributed by atoms with Crippen molar-refractivity contribution >= 4 is 10.1 Å². The molecule has 0 aliphatic carbocycles. The summed E-state index contributed by atoms with van der Waals surface area (Å²) in [6.07, 6.45) is 5.21. The molecule has 0 N–H and O–H groups in total. The molecule has 2 aromatic carbocycles. The van der Waals surface area contributed by atoms with Crippen molar-refractivity contribution in [3.05, 3.63) is 65.7 Å². The van der Waals surface area contributed by atoms with Gasteiger partial charge in [-0.3, -0.25) is 0 Å². The third kappa shape index (κ3) is 7.83. The molecule has 2 rings (SSSR count). The molecule has 0 bridgehead atoms. The fourth-order valence-electron chi connectivity index (χ4n) is 2.74. The van der Waals surface area contributed by atoms with Gasteiger partial charge in [-0.2, -0.15) is 8.42 Å². The maximum Gasteiger partial charge on any atom is 0.299 e. The Bertz CT molecular complexity index is 755. The van der Waals surface area contributed by atoms with Crippen LogP contribution in [0.15, 0.2) is 59.5 Å². The number of rotatable bonds is 12. The van der Waals surface area contributed by atoms with E-state index in [-0.39, 0.29) is 4.90 Å². The van der Waals surface area contributed by atoms with Crippen molar-refractivity contribution in [2.75, 3.05) is 0 Å². The molecule has 0 aliphatic heterocycles. The van der Waals surface area contributed by atoms with Gasteiger partial charge in [-0.05, 0) is 37.5 Å². The maximum atomic E-state index is 12.6. The van der Waals surface area contributed by atoms with Gasteiger partial charge in [0.25, 0.3) is 10.1 Å². The summed E-state index contributed by atoms with van der Waals surface area (Å²) in [7, 11) is -3.85. The molecule has 4 nitrogen and oxygen atoms in total. The summed E-state index contributed by atoms with van der Waals surface area (Å²) in [5, 5.41) is 0. The lowest BCUT2D eigenvalue weighted by molar-refractivity contribution is -0.0908. The minimum atomic E-state index is -3.85. The van der Waals surface area contributed by atoms with E-state index in [1.165, 1.54) is 12.8 Å². The quantitative estimate of drug-likeness (QED) is 0.269. The van der Waals surface area contributed by atoms with Crippen molar-refractivity contribution in [3.63, 3.8) is 0 Å². The Kier molecular flexibility index (Phi) is 8.98. The number of unbranched alkanes of at least 4 members (excludes halogenated alkanes) is 4. The Morgan fingerprint density at radius 1 is 0.889 bits per heavy atom.